The summed E-state index contributed by atoms with van der Waals surface area (Å²) in [6.45, 7) is 0. The number of hydrogen-bond acceptors (Lipinski definition) is 3. The maximum absolute atomic E-state index is 11.7. The van der Waals surface area contributed by atoms with Gasteiger partial charge in [0, 0.05) is 11.7 Å². The highest BCUT2D eigenvalue weighted by atomic mass is 16.5. The molecule has 0 radical (unpaired) electrons. The Morgan fingerprint density at radius 2 is 2.11 bits per heavy atom. The van der Waals surface area contributed by atoms with Crippen LogP contribution in [-0.2, 0) is 0 Å². The van der Waals surface area contributed by atoms with Crippen LogP contribution >= 0.6 is 0 Å². The molecule has 3 amide bonds. The molecule has 6 heteroatoms. The molecule has 0 saturated heterocycles. The van der Waals surface area contributed by atoms with Gasteiger partial charge in [-0.3, -0.25) is 4.79 Å². The van der Waals surface area contributed by atoms with E-state index in [0.717, 1.165) is 19.3 Å². The number of methoxy groups -OCH3 is 1. The number of nitrogens with two attached hydrogens (primary N) is 1. The highest BCUT2D eigenvalue weighted by Gasteiger charge is 2.19. The Kier molecular flexibility index (Phi) is 3.89. The van der Waals surface area contributed by atoms with E-state index >= 15 is 0 Å². The molecule has 102 valence electrons. The van der Waals surface area contributed by atoms with Crippen LogP contribution in [0.4, 0.5) is 10.5 Å². The molecule has 19 heavy (non-hydrogen) atoms. The third-order valence-corrected chi connectivity index (χ3v) is 3.16. The SMILES string of the molecule is COc1ccc(NC(=O)NC2CCC2)cc1C(N)=O. The highest BCUT2D eigenvalue weighted by Crippen LogP contribution is 2.22. The van der Waals surface area contributed by atoms with Gasteiger partial charge in [-0.05, 0) is 37.5 Å². The van der Waals surface area contributed by atoms with Crippen molar-refractivity contribution in [2.75, 3.05) is 12.4 Å². The maximum atomic E-state index is 11.7. The third-order valence-electron chi connectivity index (χ3n) is 3.16. The molecule has 0 spiro atoms. The molecule has 4 N–H and O–H groups in total. The number of nitrogens with one attached hydrogen (secondary N) is 2. The summed E-state index contributed by atoms with van der Waals surface area (Å²) in [7, 11) is 1.46. The van der Waals surface area contributed by atoms with Crippen LogP contribution in [-0.4, -0.2) is 25.1 Å². The van der Waals surface area contributed by atoms with E-state index in [0.29, 0.717) is 11.4 Å². The zero-order chi connectivity index (χ0) is 13.8. The number of ether oxygens (including phenoxy) is 1. The van der Waals surface area contributed by atoms with E-state index in [4.69, 9.17) is 10.5 Å². The largest absolute Gasteiger partial charge is 0.496 e. The molecule has 0 aromatic heterocycles. The predicted octanol–water partition coefficient (Wildman–Crippen LogP) is 1.47. The molecule has 2 rings (SSSR count). The van der Waals surface area contributed by atoms with Gasteiger partial charge >= 0.3 is 6.03 Å². The topological polar surface area (TPSA) is 93.4 Å². The second-order valence-corrected chi connectivity index (χ2v) is 4.51. The summed E-state index contributed by atoms with van der Waals surface area (Å²) in [6, 6.07) is 4.74. The van der Waals surface area contributed by atoms with E-state index < -0.39 is 5.91 Å². The molecule has 1 aliphatic rings. The number of carbonyl (C=O) groups is 2. The monoisotopic (exact) mass is 263 g/mol. The van der Waals surface area contributed by atoms with Gasteiger partial charge in [-0.1, -0.05) is 0 Å². The van der Waals surface area contributed by atoms with Crippen LogP contribution < -0.4 is 21.1 Å². The Morgan fingerprint density at radius 1 is 1.37 bits per heavy atom. The van der Waals surface area contributed by atoms with Gasteiger partial charge in [-0.25, -0.2) is 4.79 Å². The molecule has 0 aliphatic heterocycles. The van der Waals surface area contributed by atoms with Crippen LogP contribution in [0.15, 0.2) is 18.2 Å². The molecule has 1 saturated carbocycles. The van der Waals surface area contributed by atoms with Crippen molar-refractivity contribution in [3.05, 3.63) is 23.8 Å². The van der Waals surface area contributed by atoms with Crippen LogP contribution in [0.1, 0.15) is 29.6 Å². The smallest absolute Gasteiger partial charge is 0.319 e. The van der Waals surface area contributed by atoms with Crippen molar-refractivity contribution in [2.24, 2.45) is 5.73 Å². The average Bonchev–Trinajstić information content (AvgIpc) is 2.33. The van der Waals surface area contributed by atoms with Gasteiger partial charge in [0.1, 0.15) is 5.75 Å². The lowest BCUT2D eigenvalue weighted by molar-refractivity contribution is 0.0997. The van der Waals surface area contributed by atoms with Crippen LogP contribution in [0.5, 0.6) is 5.75 Å². The minimum Gasteiger partial charge on any atom is -0.496 e. The van der Waals surface area contributed by atoms with Gasteiger partial charge in [0.05, 0.1) is 12.7 Å². The highest BCUT2D eigenvalue weighted by molar-refractivity contribution is 5.98. The average molecular weight is 263 g/mol. The van der Waals surface area contributed by atoms with Crippen LogP contribution in [0.3, 0.4) is 0 Å². The van der Waals surface area contributed by atoms with Gasteiger partial charge in [0.2, 0.25) is 0 Å². The molecule has 0 unspecified atom stereocenters. The van der Waals surface area contributed by atoms with E-state index in [1.54, 1.807) is 12.1 Å². The molecule has 0 atom stereocenters. The van der Waals surface area contributed by atoms with Crippen molar-refractivity contribution in [2.45, 2.75) is 25.3 Å². The minimum absolute atomic E-state index is 0.240. The van der Waals surface area contributed by atoms with Crippen molar-refractivity contribution < 1.29 is 14.3 Å². The predicted molar refractivity (Wildman–Crippen MR) is 71.3 cm³/mol. The van der Waals surface area contributed by atoms with Crippen molar-refractivity contribution in [1.82, 2.24) is 5.32 Å². The third kappa shape index (κ3) is 3.15. The van der Waals surface area contributed by atoms with Crippen LogP contribution in [0, 0.1) is 0 Å². The lowest BCUT2D eigenvalue weighted by atomic mass is 9.93. The Balaban J connectivity index is 2.05. The van der Waals surface area contributed by atoms with E-state index in [9.17, 15) is 9.59 Å². The summed E-state index contributed by atoms with van der Waals surface area (Å²) in [4.78, 5) is 22.9. The molecule has 6 nitrogen and oxygen atoms in total. The molecule has 1 aromatic carbocycles. The molecule has 1 aromatic rings. The number of benzene rings is 1. The fourth-order valence-electron chi connectivity index (χ4n) is 1.88. The summed E-state index contributed by atoms with van der Waals surface area (Å²) >= 11 is 0. The zero-order valence-electron chi connectivity index (χ0n) is 10.7. The quantitative estimate of drug-likeness (QED) is 0.767. The summed E-state index contributed by atoms with van der Waals surface area (Å²) in [5.41, 5.74) is 6.00. The van der Waals surface area contributed by atoms with E-state index in [1.807, 2.05) is 0 Å². The minimum atomic E-state index is -0.597. The van der Waals surface area contributed by atoms with Crippen molar-refractivity contribution >= 4 is 17.6 Å². The summed E-state index contributed by atoms with van der Waals surface area (Å²) in [6.07, 6.45) is 3.18. The Hall–Kier alpha value is -2.24. The number of hydrogen-bond donors (Lipinski definition) is 3. The summed E-state index contributed by atoms with van der Waals surface area (Å²) < 4.78 is 5.03. The van der Waals surface area contributed by atoms with Gasteiger partial charge in [-0.2, -0.15) is 0 Å². The lowest BCUT2D eigenvalue weighted by Gasteiger charge is -2.26. The number of rotatable bonds is 4. The van der Waals surface area contributed by atoms with Gasteiger partial charge < -0.3 is 21.1 Å². The second kappa shape index (κ2) is 5.60. The number of carbonyl (C=O) groups excluding carboxylic acids is 2. The lowest BCUT2D eigenvalue weighted by Crippen LogP contribution is -2.41. The first-order chi connectivity index (χ1) is 9.10. The molecule has 1 fully saturated rings. The van der Waals surface area contributed by atoms with Gasteiger partial charge in [0.15, 0.2) is 0 Å². The van der Waals surface area contributed by atoms with Crippen molar-refractivity contribution in [3.8, 4) is 5.75 Å². The van der Waals surface area contributed by atoms with Crippen LogP contribution in [0.25, 0.3) is 0 Å². The van der Waals surface area contributed by atoms with Crippen molar-refractivity contribution in [3.63, 3.8) is 0 Å². The van der Waals surface area contributed by atoms with E-state index in [-0.39, 0.29) is 17.6 Å². The first-order valence-corrected chi connectivity index (χ1v) is 6.15. The van der Waals surface area contributed by atoms with Gasteiger partial charge in [0.25, 0.3) is 5.91 Å². The number of anilines is 1. The first kappa shape index (κ1) is 13.2. The second-order valence-electron chi connectivity index (χ2n) is 4.51. The summed E-state index contributed by atoms with van der Waals surface area (Å²) in [5, 5.41) is 5.52. The molecular weight excluding hydrogens is 246 g/mol. The fraction of sp³-hybridized carbons (Fsp3) is 0.385. The molecule has 1 aliphatic carbocycles. The maximum Gasteiger partial charge on any atom is 0.319 e. The van der Waals surface area contributed by atoms with E-state index in [1.165, 1.54) is 13.2 Å². The Bertz CT molecular complexity index is 498. The Labute approximate surface area is 111 Å². The summed E-state index contributed by atoms with van der Waals surface area (Å²) in [5.74, 6) is -0.211. The number of primary amides is 1. The number of amides is 3. The van der Waals surface area contributed by atoms with E-state index in [2.05, 4.69) is 10.6 Å². The van der Waals surface area contributed by atoms with Gasteiger partial charge in [-0.15, -0.1) is 0 Å². The standard InChI is InChI=1S/C13H17N3O3/c1-19-11-6-5-9(7-10(11)12(14)17)16-13(18)15-8-3-2-4-8/h5-8H,2-4H2,1H3,(H2,14,17)(H2,15,16,18). The zero-order valence-corrected chi connectivity index (χ0v) is 10.7. The molecule has 0 bridgehead atoms. The van der Waals surface area contributed by atoms with Crippen LogP contribution in [0.2, 0.25) is 0 Å². The molecule has 0 heterocycles. The normalized spacial score (nSPS) is 14.4. The first-order valence-electron chi connectivity index (χ1n) is 6.15. The Morgan fingerprint density at radius 3 is 2.63 bits per heavy atom. The number of urea groups is 1. The fourth-order valence-corrected chi connectivity index (χ4v) is 1.88. The molecular formula is C13H17N3O3. The van der Waals surface area contributed by atoms with Crippen molar-refractivity contribution in [1.29, 1.82) is 0 Å².